The first kappa shape index (κ1) is 19.8. The molecule has 0 spiro atoms. The number of para-hydroxylation sites is 1. The van der Waals surface area contributed by atoms with Crippen molar-refractivity contribution < 1.29 is 22.8 Å². The van der Waals surface area contributed by atoms with Crippen LogP contribution in [0.1, 0.15) is 41.6 Å². The zero-order valence-corrected chi connectivity index (χ0v) is 16.6. The van der Waals surface area contributed by atoms with Crippen molar-refractivity contribution in [3.05, 3.63) is 71.3 Å². The Morgan fingerprint density at radius 3 is 2.52 bits per heavy atom. The van der Waals surface area contributed by atoms with Crippen molar-refractivity contribution in [2.45, 2.75) is 31.9 Å². The molecule has 2 aromatic carbocycles. The third-order valence-corrected chi connectivity index (χ3v) is 6.82. The highest BCUT2D eigenvalue weighted by Crippen LogP contribution is 2.65. The summed E-state index contributed by atoms with van der Waals surface area (Å²) in [6, 6.07) is 11.0. The molecule has 7 heteroatoms. The lowest BCUT2D eigenvalue weighted by Crippen LogP contribution is -2.56. The normalized spacial score (nSPS) is 26.0. The molecule has 0 radical (unpaired) electrons. The smallest absolute Gasteiger partial charge is 0.325 e. The lowest BCUT2D eigenvalue weighted by molar-refractivity contribution is -0.137. The summed E-state index contributed by atoms with van der Waals surface area (Å²) in [5.74, 6) is 0.376. The Kier molecular flexibility index (Phi) is 4.46. The molecular weight excluding hydrogens is 405 g/mol. The van der Waals surface area contributed by atoms with Crippen LogP contribution in [0.5, 0.6) is 0 Å². The average Bonchev–Trinajstić information content (AvgIpc) is 2.73. The van der Waals surface area contributed by atoms with Crippen molar-refractivity contribution in [1.82, 2.24) is 0 Å². The lowest BCUT2D eigenvalue weighted by atomic mass is 9.44. The molecule has 3 unspecified atom stereocenters. The molecule has 2 N–H and O–H groups in total. The fraction of sp³-hybridized carbons (Fsp3) is 0.333. The van der Waals surface area contributed by atoms with Crippen molar-refractivity contribution in [2.75, 3.05) is 10.6 Å². The Morgan fingerprint density at radius 2 is 1.81 bits per heavy atom. The van der Waals surface area contributed by atoms with E-state index in [1.807, 2.05) is 0 Å². The van der Waals surface area contributed by atoms with Gasteiger partial charge in [-0.15, -0.1) is 0 Å². The van der Waals surface area contributed by atoms with Crippen LogP contribution >= 0.6 is 0 Å². The Hall–Kier alpha value is -3.09. The first-order valence-electron chi connectivity index (χ1n) is 10.4. The van der Waals surface area contributed by atoms with Gasteiger partial charge in [-0.25, -0.2) is 0 Å². The van der Waals surface area contributed by atoms with Gasteiger partial charge in [-0.2, -0.15) is 13.2 Å². The van der Waals surface area contributed by atoms with Crippen molar-refractivity contribution in [3.63, 3.8) is 0 Å². The van der Waals surface area contributed by atoms with E-state index in [0.717, 1.165) is 37.8 Å². The summed E-state index contributed by atoms with van der Waals surface area (Å²) >= 11 is 0. The Balaban J connectivity index is 1.35. The van der Waals surface area contributed by atoms with Gasteiger partial charge in [0.1, 0.15) is 0 Å². The minimum absolute atomic E-state index is 0.0381. The number of nitrogens with one attached hydrogen (secondary N) is 2. The van der Waals surface area contributed by atoms with Crippen LogP contribution in [-0.4, -0.2) is 11.8 Å². The molecule has 0 heterocycles. The van der Waals surface area contributed by atoms with E-state index in [-0.39, 0.29) is 17.2 Å². The summed E-state index contributed by atoms with van der Waals surface area (Å²) < 4.78 is 38.9. The highest BCUT2D eigenvalue weighted by atomic mass is 19.4. The molecule has 0 aliphatic heterocycles. The molecule has 160 valence electrons. The predicted molar refractivity (Wildman–Crippen MR) is 110 cm³/mol. The molecule has 2 amide bonds. The second kappa shape index (κ2) is 6.97. The second-order valence-corrected chi connectivity index (χ2v) is 8.72. The van der Waals surface area contributed by atoms with E-state index in [1.54, 1.807) is 24.3 Å². The molecule has 4 nitrogen and oxygen atoms in total. The SMILES string of the molecule is O=C(Nc1cccc(C(F)(F)F)c1)c1ccccc1NC(=O)C12CC3CC=C1C(C3)C2. The van der Waals surface area contributed by atoms with E-state index in [4.69, 9.17) is 0 Å². The zero-order valence-electron chi connectivity index (χ0n) is 16.6. The average molecular weight is 426 g/mol. The maximum absolute atomic E-state index is 13.2. The number of carbonyl (C=O) groups is 2. The van der Waals surface area contributed by atoms with Crippen LogP contribution in [0.2, 0.25) is 0 Å². The molecule has 2 fully saturated rings. The Labute approximate surface area is 177 Å². The molecule has 2 aromatic rings. The number of alkyl halides is 3. The molecule has 31 heavy (non-hydrogen) atoms. The van der Waals surface area contributed by atoms with Crippen molar-refractivity contribution in [2.24, 2.45) is 17.3 Å². The zero-order chi connectivity index (χ0) is 21.8. The number of anilines is 2. The van der Waals surface area contributed by atoms with Gasteiger partial charge in [-0.1, -0.05) is 29.8 Å². The van der Waals surface area contributed by atoms with Gasteiger partial charge in [0.2, 0.25) is 5.91 Å². The minimum atomic E-state index is -4.50. The van der Waals surface area contributed by atoms with E-state index in [0.29, 0.717) is 17.5 Å². The summed E-state index contributed by atoms with van der Waals surface area (Å²) in [5, 5.41) is 5.43. The van der Waals surface area contributed by atoms with Crippen molar-refractivity contribution >= 4 is 23.2 Å². The first-order chi connectivity index (χ1) is 14.8. The lowest BCUT2D eigenvalue weighted by Gasteiger charge is -2.59. The fourth-order valence-corrected chi connectivity index (χ4v) is 5.45. The number of benzene rings is 2. The van der Waals surface area contributed by atoms with Crippen LogP contribution < -0.4 is 10.6 Å². The van der Waals surface area contributed by atoms with E-state index in [1.165, 1.54) is 17.7 Å². The van der Waals surface area contributed by atoms with Gasteiger partial charge in [-0.05, 0) is 67.9 Å². The third kappa shape index (κ3) is 3.32. The molecule has 0 aromatic heterocycles. The Morgan fingerprint density at radius 1 is 1.00 bits per heavy atom. The van der Waals surface area contributed by atoms with Gasteiger partial charge in [0.05, 0.1) is 22.2 Å². The van der Waals surface area contributed by atoms with Gasteiger partial charge in [0.25, 0.3) is 5.91 Å². The Bertz CT molecular complexity index is 1110. The molecule has 6 rings (SSSR count). The molecule has 4 aliphatic rings. The second-order valence-electron chi connectivity index (χ2n) is 8.72. The van der Waals surface area contributed by atoms with Crippen molar-refractivity contribution in [1.29, 1.82) is 0 Å². The summed E-state index contributed by atoms with van der Waals surface area (Å²) in [6.45, 7) is 0. The summed E-state index contributed by atoms with van der Waals surface area (Å²) in [7, 11) is 0. The number of fused-ring (bicyclic) bond motifs is 1. The number of halogens is 3. The maximum atomic E-state index is 13.2. The first-order valence-corrected chi connectivity index (χ1v) is 10.4. The van der Waals surface area contributed by atoms with Crippen LogP contribution in [0.4, 0.5) is 24.5 Å². The molecule has 4 bridgehead atoms. The van der Waals surface area contributed by atoms with Crippen LogP contribution in [-0.2, 0) is 11.0 Å². The van der Waals surface area contributed by atoms with Crippen molar-refractivity contribution in [3.8, 4) is 0 Å². The fourth-order valence-electron chi connectivity index (χ4n) is 5.45. The van der Waals surface area contributed by atoms with E-state index in [9.17, 15) is 22.8 Å². The summed E-state index contributed by atoms with van der Waals surface area (Å²) in [6.07, 6.45) is 1.60. The van der Waals surface area contributed by atoms with E-state index < -0.39 is 23.1 Å². The monoisotopic (exact) mass is 426 g/mol. The van der Waals surface area contributed by atoms with Gasteiger partial charge >= 0.3 is 6.18 Å². The topological polar surface area (TPSA) is 58.2 Å². The van der Waals surface area contributed by atoms with E-state index >= 15 is 0 Å². The quantitative estimate of drug-likeness (QED) is 0.622. The van der Waals surface area contributed by atoms with Crippen LogP contribution in [0.25, 0.3) is 0 Å². The molecule has 0 saturated heterocycles. The predicted octanol–water partition coefficient (Wildman–Crippen LogP) is 5.64. The largest absolute Gasteiger partial charge is 0.416 e. The number of hydrogen-bond donors (Lipinski definition) is 2. The molecule has 4 aliphatic carbocycles. The van der Waals surface area contributed by atoms with Crippen LogP contribution in [0.15, 0.2) is 60.2 Å². The summed E-state index contributed by atoms with van der Waals surface area (Å²) in [5.41, 5.74) is 0.532. The number of allylic oxidation sites excluding steroid dienone is 1. The van der Waals surface area contributed by atoms with Gasteiger partial charge in [-0.3, -0.25) is 9.59 Å². The van der Waals surface area contributed by atoms with Gasteiger partial charge in [0.15, 0.2) is 0 Å². The van der Waals surface area contributed by atoms with Crippen LogP contribution in [0.3, 0.4) is 0 Å². The highest BCUT2D eigenvalue weighted by Gasteiger charge is 2.60. The number of amides is 2. The standard InChI is InChI=1S/C24H21F3N2O2/c25-24(26,27)16-4-3-5-17(11-16)28-21(30)18-6-1-2-7-20(18)29-22(31)23-12-14-8-9-19(23)15(10-14)13-23/h1-7,9,11,14-15H,8,10,12-13H2,(H,28,30)(H,29,31). The maximum Gasteiger partial charge on any atom is 0.416 e. The van der Waals surface area contributed by atoms with Gasteiger partial charge < -0.3 is 10.6 Å². The third-order valence-electron chi connectivity index (χ3n) is 6.82. The molecular formula is C24H21F3N2O2. The van der Waals surface area contributed by atoms with E-state index in [2.05, 4.69) is 16.7 Å². The number of carbonyl (C=O) groups excluding carboxylic acids is 2. The van der Waals surface area contributed by atoms with Gasteiger partial charge in [0, 0.05) is 5.69 Å². The highest BCUT2D eigenvalue weighted by molar-refractivity contribution is 6.11. The summed E-state index contributed by atoms with van der Waals surface area (Å²) in [4.78, 5) is 26.0. The minimum Gasteiger partial charge on any atom is -0.325 e. The molecule has 3 atom stereocenters. The number of rotatable bonds is 4. The van der Waals surface area contributed by atoms with Crippen LogP contribution in [0, 0.1) is 17.3 Å². The molecule has 2 saturated carbocycles. The number of hydrogen-bond acceptors (Lipinski definition) is 2.